The van der Waals surface area contributed by atoms with E-state index in [1.54, 1.807) is 0 Å². The van der Waals surface area contributed by atoms with E-state index in [0.29, 0.717) is 12.4 Å². The Morgan fingerprint density at radius 1 is 0.848 bits per heavy atom. The van der Waals surface area contributed by atoms with Gasteiger partial charge in [-0.1, -0.05) is 61.0 Å². The van der Waals surface area contributed by atoms with Crippen molar-refractivity contribution in [1.29, 1.82) is 0 Å². The second-order valence-corrected chi connectivity index (χ2v) is 9.42. The number of carbonyl (C=O) groups excluding carboxylic acids is 1. The van der Waals surface area contributed by atoms with Crippen molar-refractivity contribution in [3.8, 4) is 16.9 Å². The molecule has 2 aliphatic rings. The molecule has 1 heterocycles. The second-order valence-electron chi connectivity index (χ2n) is 9.42. The van der Waals surface area contributed by atoms with Crippen molar-refractivity contribution in [3.05, 3.63) is 89.5 Å². The minimum atomic E-state index is 0.170. The van der Waals surface area contributed by atoms with Crippen LogP contribution in [0.4, 0.5) is 0 Å². The predicted molar refractivity (Wildman–Crippen MR) is 134 cm³/mol. The summed E-state index contributed by atoms with van der Waals surface area (Å²) in [5.74, 6) is 1.34. The fourth-order valence-corrected chi connectivity index (χ4v) is 5.29. The van der Waals surface area contributed by atoms with Gasteiger partial charge in [-0.3, -0.25) is 4.79 Å². The first-order valence-electron chi connectivity index (χ1n) is 12.4. The Balaban J connectivity index is 1.23. The minimum absolute atomic E-state index is 0.170. The molecule has 3 nitrogen and oxygen atoms in total. The van der Waals surface area contributed by atoms with E-state index < -0.39 is 0 Å². The lowest BCUT2D eigenvalue weighted by molar-refractivity contribution is 0.0879. The quantitative estimate of drug-likeness (QED) is 0.418. The smallest absolute Gasteiger partial charge is 0.166 e. The van der Waals surface area contributed by atoms with E-state index in [1.165, 1.54) is 43.5 Å². The molecule has 0 spiro atoms. The molecule has 0 radical (unpaired) electrons. The molecule has 0 saturated carbocycles. The van der Waals surface area contributed by atoms with Crippen molar-refractivity contribution >= 4 is 5.78 Å². The molecule has 170 valence electrons. The highest BCUT2D eigenvalue weighted by Gasteiger charge is 2.28. The van der Waals surface area contributed by atoms with Crippen LogP contribution in [-0.2, 0) is 13.0 Å². The van der Waals surface area contributed by atoms with Gasteiger partial charge in [0.05, 0.1) is 0 Å². The molecule has 1 fully saturated rings. The number of Topliss-reactive ketones (excluding diaryl/α,β-unsaturated/α-hetero) is 1. The van der Waals surface area contributed by atoms with Crippen LogP contribution in [0.5, 0.6) is 5.75 Å². The first kappa shape index (κ1) is 21.9. The summed E-state index contributed by atoms with van der Waals surface area (Å²) < 4.78 is 6.19. The molecule has 1 aliphatic heterocycles. The van der Waals surface area contributed by atoms with Gasteiger partial charge in [0.1, 0.15) is 12.4 Å². The molecule has 33 heavy (non-hydrogen) atoms. The maximum absolute atomic E-state index is 13.1. The molecule has 0 bridgehead atoms. The van der Waals surface area contributed by atoms with Gasteiger partial charge in [0.2, 0.25) is 0 Å². The zero-order valence-electron chi connectivity index (χ0n) is 19.3. The van der Waals surface area contributed by atoms with E-state index >= 15 is 0 Å². The van der Waals surface area contributed by atoms with E-state index in [9.17, 15) is 4.79 Å². The van der Waals surface area contributed by atoms with Crippen molar-refractivity contribution in [1.82, 2.24) is 4.90 Å². The zero-order chi connectivity index (χ0) is 22.5. The molecule has 3 heteroatoms. The van der Waals surface area contributed by atoms with Gasteiger partial charge in [0, 0.05) is 11.5 Å². The molecule has 0 N–H and O–H groups in total. The highest BCUT2D eigenvalue weighted by Crippen LogP contribution is 2.31. The molecular formula is C30H33NO2. The van der Waals surface area contributed by atoms with Gasteiger partial charge in [-0.05, 0) is 92.2 Å². The zero-order valence-corrected chi connectivity index (χ0v) is 19.3. The first-order valence-corrected chi connectivity index (χ1v) is 12.4. The Morgan fingerprint density at radius 3 is 2.48 bits per heavy atom. The number of piperidine rings is 1. The molecule has 1 atom stereocenters. The normalized spacial score (nSPS) is 18.7. The van der Waals surface area contributed by atoms with Crippen molar-refractivity contribution in [3.63, 3.8) is 0 Å². The number of ether oxygens (including phenoxy) is 1. The van der Waals surface area contributed by atoms with Crippen molar-refractivity contribution in [2.24, 2.45) is 5.92 Å². The van der Waals surface area contributed by atoms with E-state index in [1.807, 2.05) is 18.2 Å². The second kappa shape index (κ2) is 10.4. The number of nitrogens with zero attached hydrogens (tertiary/aromatic N) is 1. The summed E-state index contributed by atoms with van der Waals surface area (Å²) in [6.07, 6.45) is 6.88. The number of hydrogen-bond donors (Lipinski definition) is 0. The highest BCUT2D eigenvalue weighted by atomic mass is 16.5. The van der Waals surface area contributed by atoms with Gasteiger partial charge in [-0.15, -0.1) is 0 Å². The largest absolute Gasteiger partial charge is 0.489 e. The predicted octanol–water partition coefficient (Wildman–Crippen LogP) is 6.55. The summed E-state index contributed by atoms with van der Waals surface area (Å²) in [4.78, 5) is 15.7. The fraction of sp³-hybridized carbons (Fsp3) is 0.367. The number of carbonyl (C=O) groups is 1. The third kappa shape index (κ3) is 5.20. The summed E-state index contributed by atoms with van der Waals surface area (Å²) in [5.41, 5.74) is 5.60. The molecule has 5 rings (SSSR count). The summed E-state index contributed by atoms with van der Waals surface area (Å²) in [6, 6.07) is 24.8. The number of hydrogen-bond acceptors (Lipinski definition) is 3. The molecule has 0 amide bonds. The first-order chi connectivity index (χ1) is 16.3. The summed E-state index contributed by atoms with van der Waals surface area (Å²) in [7, 11) is 0. The number of likely N-dealkylation sites (tertiary alicyclic amines) is 1. The SMILES string of the molecule is O=C1c2ccc(OCc3ccccc3-c3ccccc3)cc2CCC1CCN1CCCCC1. The summed E-state index contributed by atoms with van der Waals surface area (Å²) in [5, 5.41) is 0. The Kier molecular flexibility index (Phi) is 6.87. The van der Waals surface area contributed by atoms with Crippen LogP contribution >= 0.6 is 0 Å². The highest BCUT2D eigenvalue weighted by molar-refractivity contribution is 6.00. The average molecular weight is 440 g/mol. The molecule has 1 aliphatic carbocycles. The lowest BCUT2D eigenvalue weighted by atomic mass is 9.81. The number of benzene rings is 3. The van der Waals surface area contributed by atoms with Crippen LogP contribution in [0.2, 0.25) is 0 Å². The molecule has 1 unspecified atom stereocenters. The lowest BCUT2D eigenvalue weighted by Gasteiger charge is -2.29. The molecule has 3 aromatic carbocycles. The van der Waals surface area contributed by atoms with Crippen molar-refractivity contribution in [2.75, 3.05) is 19.6 Å². The molecular weight excluding hydrogens is 406 g/mol. The van der Waals surface area contributed by atoms with Gasteiger partial charge >= 0.3 is 0 Å². The number of aryl methyl sites for hydroxylation is 1. The van der Waals surface area contributed by atoms with E-state index in [2.05, 4.69) is 59.5 Å². The summed E-state index contributed by atoms with van der Waals surface area (Å²) >= 11 is 0. The number of rotatable bonds is 7. The topological polar surface area (TPSA) is 29.5 Å². The summed E-state index contributed by atoms with van der Waals surface area (Å²) in [6.45, 7) is 3.97. The Hall–Kier alpha value is -2.91. The fourth-order valence-electron chi connectivity index (χ4n) is 5.29. The van der Waals surface area contributed by atoms with Crippen molar-refractivity contribution < 1.29 is 9.53 Å². The molecule has 1 saturated heterocycles. The van der Waals surface area contributed by atoms with Gasteiger partial charge < -0.3 is 9.64 Å². The van der Waals surface area contributed by atoms with Crippen LogP contribution < -0.4 is 4.74 Å². The van der Waals surface area contributed by atoms with Crippen LogP contribution in [-0.4, -0.2) is 30.3 Å². The van der Waals surface area contributed by atoms with Crippen LogP contribution in [0.15, 0.2) is 72.8 Å². The lowest BCUT2D eigenvalue weighted by Crippen LogP contribution is -2.33. The maximum atomic E-state index is 13.1. The van der Waals surface area contributed by atoms with E-state index in [-0.39, 0.29) is 5.92 Å². The number of ketones is 1. The van der Waals surface area contributed by atoms with Gasteiger partial charge in [-0.2, -0.15) is 0 Å². The minimum Gasteiger partial charge on any atom is -0.489 e. The van der Waals surface area contributed by atoms with Crippen LogP contribution in [0, 0.1) is 5.92 Å². The van der Waals surface area contributed by atoms with Gasteiger partial charge in [-0.25, -0.2) is 0 Å². The Bertz CT molecular complexity index is 1090. The standard InChI is InChI=1S/C30H33NO2/c32-30-24(17-20-31-18-7-2-8-19-31)13-14-25-21-27(15-16-29(25)30)33-22-26-11-5-6-12-28(26)23-9-3-1-4-10-23/h1,3-6,9-12,15-16,21,24H,2,7-8,13-14,17-20,22H2. The third-order valence-corrected chi connectivity index (χ3v) is 7.21. The monoisotopic (exact) mass is 439 g/mol. The van der Waals surface area contributed by atoms with Crippen LogP contribution in [0.25, 0.3) is 11.1 Å². The van der Waals surface area contributed by atoms with E-state index in [0.717, 1.165) is 48.2 Å². The Labute approximate surface area is 197 Å². The number of fused-ring (bicyclic) bond motifs is 1. The van der Waals surface area contributed by atoms with Gasteiger partial charge in [0.25, 0.3) is 0 Å². The van der Waals surface area contributed by atoms with E-state index in [4.69, 9.17) is 4.74 Å². The molecule has 3 aromatic rings. The van der Waals surface area contributed by atoms with Crippen molar-refractivity contribution in [2.45, 2.75) is 45.1 Å². The Morgan fingerprint density at radius 2 is 1.64 bits per heavy atom. The van der Waals surface area contributed by atoms with Gasteiger partial charge in [0.15, 0.2) is 5.78 Å². The molecule has 0 aromatic heterocycles. The van der Waals surface area contributed by atoms with Crippen LogP contribution in [0.3, 0.4) is 0 Å². The average Bonchev–Trinajstić information content (AvgIpc) is 2.88. The van der Waals surface area contributed by atoms with Crippen LogP contribution in [0.1, 0.15) is 53.6 Å². The maximum Gasteiger partial charge on any atom is 0.166 e. The third-order valence-electron chi connectivity index (χ3n) is 7.21.